The van der Waals surface area contributed by atoms with Gasteiger partial charge in [0.25, 0.3) is 0 Å². The average molecular weight is 255 g/mol. The zero-order valence-electron chi connectivity index (χ0n) is 5.46. The standard InChI is InChI=1S/C6H9Br2N/c1-6(2)3-9-5(8)4(6)7/h9H,3H2,1-2H3. The second-order valence-corrected chi connectivity index (χ2v) is 4.45. The first-order valence-corrected chi connectivity index (χ1v) is 4.42. The molecule has 0 amide bonds. The lowest BCUT2D eigenvalue weighted by molar-refractivity contribution is 0.491. The summed E-state index contributed by atoms with van der Waals surface area (Å²) in [5, 5.41) is 3.21. The van der Waals surface area contributed by atoms with E-state index in [-0.39, 0.29) is 5.41 Å². The van der Waals surface area contributed by atoms with Crippen LogP contribution in [-0.2, 0) is 0 Å². The minimum Gasteiger partial charge on any atom is -0.378 e. The Balaban J connectivity index is 2.88. The van der Waals surface area contributed by atoms with Crippen LogP contribution in [0.15, 0.2) is 9.09 Å². The van der Waals surface area contributed by atoms with Crippen molar-refractivity contribution < 1.29 is 0 Å². The van der Waals surface area contributed by atoms with Gasteiger partial charge in [0.15, 0.2) is 0 Å². The molecule has 0 radical (unpaired) electrons. The van der Waals surface area contributed by atoms with Gasteiger partial charge in [-0.05, 0) is 15.9 Å². The minimum atomic E-state index is 0.263. The van der Waals surface area contributed by atoms with Gasteiger partial charge in [0.1, 0.15) is 0 Å². The van der Waals surface area contributed by atoms with E-state index >= 15 is 0 Å². The van der Waals surface area contributed by atoms with Crippen LogP contribution in [0.25, 0.3) is 0 Å². The molecular weight excluding hydrogens is 246 g/mol. The van der Waals surface area contributed by atoms with Gasteiger partial charge >= 0.3 is 0 Å². The maximum absolute atomic E-state index is 3.50. The molecular formula is C6H9Br2N. The molecule has 1 aliphatic rings. The lowest BCUT2D eigenvalue weighted by Gasteiger charge is -2.15. The highest BCUT2D eigenvalue weighted by atomic mass is 79.9. The van der Waals surface area contributed by atoms with E-state index in [1.165, 1.54) is 4.48 Å². The molecule has 9 heavy (non-hydrogen) atoms. The van der Waals surface area contributed by atoms with Crippen molar-refractivity contribution in [2.24, 2.45) is 5.41 Å². The highest BCUT2D eigenvalue weighted by molar-refractivity contribution is 9.14. The van der Waals surface area contributed by atoms with Gasteiger partial charge in [-0.25, -0.2) is 0 Å². The van der Waals surface area contributed by atoms with Crippen molar-refractivity contribution in [3.63, 3.8) is 0 Å². The van der Waals surface area contributed by atoms with Gasteiger partial charge in [0.2, 0.25) is 0 Å². The molecule has 0 spiro atoms. The van der Waals surface area contributed by atoms with E-state index in [1.807, 2.05) is 0 Å². The normalized spacial score (nSPS) is 24.4. The van der Waals surface area contributed by atoms with Crippen LogP contribution < -0.4 is 5.32 Å². The van der Waals surface area contributed by atoms with E-state index in [0.29, 0.717) is 0 Å². The Bertz CT molecular complexity index is 160. The predicted octanol–water partition coefficient (Wildman–Crippen LogP) is 2.57. The summed E-state index contributed by atoms with van der Waals surface area (Å²) in [6.45, 7) is 5.39. The third-order valence-corrected chi connectivity index (χ3v) is 4.15. The van der Waals surface area contributed by atoms with Gasteiger partial charge in [0, 0.05) is 16.4 Å². The lowest BCUT2D eigenvalue weighted by Crippen LogP contribution is -2.18. The predicted molar refractivity (Wildman–Crippen MR) is 46.7 cm³/mol. The summed E-state index contributed by atoms with van der Waals surface area (Å²) in [6, 6.07) is 0. The average Bonchev–Trinajstić information content (AvgIpc) is 1.97. The molecule has 0 saturated carbocycles. The second kappa shape index (κ2) is 2.27. The Morgan fingerprint density at radius 2 is 2.00 bits per heavy atom. The van der Waals surface area contributed by atoms with Crippen molar-refractivity contribution in [2.75, 3.05) is 6.54 Å². The second-order valence-electron chi connectivity index (χ2n) is 2.87. The van der Waals surface area contributed by atoms with Crippen molar-refractivity contribution in [2.45, 2.75) is 13.8 Å². The molecule has 52 valence electrons. The van der Waals surface area contributed by atoms with Gasteiger partial charge in [-0.15, -0.1) is 0 Å². The molecule has 0 aromatic rings. The van der Waals surface area contributed by atoms with Crippen molar-refractivity contribution >= 4 is 31.9 Å². The number of hydrogen-bond donors (Lipinski definition) is 1. The van der Waals surface area contributed by atoms with Gasteiger partial charge in [-0.1, -0.05) is 29.8 Å². The van der Waals surface area contributed by atoms with E-state index in [1.54, 1.807) is 0 Å². The fourth-order valence-electron chi connectivity index (χ4n) is 0.751. The Kier molecular flexibility index (Phi) is 1.92. The van der Waals surface area contributed by atoms with Crippen molar-refractivity contribution in [1.29, 1.82) is 0 Å². The van der Waals surface area contributed by atoms with Crippen LogP contribution in [0.3, 0.4) is 0 Å². The Labute approximate surface area is 72.2 Å². The summed E-state index contributed by atoms with van der Waals surface area (Å²) in [5.74, 6) is 0. The van der Waals surface area contributed by atoms with Crippen LogP contribution in [-0.4, -0.2) is 6.54 Å². The van der Waals surface area contributed by atoms with E-state index in [4.69, 9.17) is 0 Å². The topological polar surface area (TPSA) is 12.0 Å². The first kappa shape index (κ1) is 7.61. The van der Waals surface area contributed by atoms with Crippen LogP contribution in [0.5, 0.6) is 0 Å². The van der Waals surface area contributed by atoms with Crippen molar-refractivity contribution in [3.05, 3.63) is 9.09 Å². The Morgan fingerprint density at radius 3 is 2.11 bits per heavy atom. The van der Waals surface area contributed by atoms with Gasteiger partial charge in [0.05, 0.1) is 4.61 Å². The molecule has 1 nitrogen and oxygen atoms in total. The number of hydrogen-bond acceptors (Lipinski definition) is 1. The Morgan fingerprint density at radius 1 is 1.44 bits per heavy atom. The van der Waals surface area contributed by atoms with Crippen molar-refractivity contribution in [3.8, 4) is 0 Å². The molecule has 0 aromatic carbocycles. The molecule has 1 N–H and O–H groups in total. The van der Waals surface area contributed by atoms with Crippen molar-refractivity contribution in [1.82, 2.24) is 5.32 Å². The number of halogens is 2. The summed E-state index contributed by atoms with van der Waals surface area (Å²) in [7, 11) is 0. The van der Waals surface area contributed by atoms with E-state index < -0.39 is 0 Å². The zero-order valence-corrected chi connectivity index (χ0v) is 8.64. The Hall–Kier alpha value is 0.500. The fourth-order valence-corrected chi connectivity index (χ4v) is 1.71. The zero-order chi connectivity index (χ0) is 7.07. The first-order valence-electron chi connectivity index (χ1n) is 2.84. The molecule has 0 unspecified atom stereocenters. The van der Waals surface area contributed by atoms with Crippen LogP contribution >= 0.6 is 31.9 Å². The van der Waals surface area contributed by atoms with E-state index in [0.717, 1.165) is 11.2 Å². The lowest BCUT2D eigenvalue weighted by atomic mass is 9.96. The smallest absolute Gasteiger partial charge is 0.0889 e. The summed E-state index contributed by atoms with van der Waals surface area (Å²) < 4.78 is 2.32. The SMILES string of the molecule is CC1(C)CNC(Br)=C1Br. The van der Waals surface area contributed by atoms with E-state index in [2.05, 4.69) is 51.0 Å². The van der Waals surface area contributed by atoms with E-state index in [9.17, 15) is 0 Å². The van der Waals surface area contributed by atoms with Gasteiger partial charge in [-0.2, -0.15) is 0 Å². The highest BCUT2D eigenvalue weighted by Crippen LogP contribution is 2.38. The first-order chi connectivity index (χ1) is 4.04. The van der Waals surface area contributed by atoms with Crippen LogP contribution in [0.2, 0.25) is 0 Å². The molecule has 1 aliphatic heterocycles. The highest BCUT2D eigenvalue weighted by Gasteiger charge is 2.29. The van der Waals surface area contributed by atoms with Crippen LogP contribution in [0.4, 0.5) is 0 Å². The number of rotatable bonds is 0. The maximum atomic E-state index is 3.50. The third-order valence-electron chi connectivity index (χ3n) is 1.47. The molecule has 0 atom stereocenters. The van der Waals surface area contributed by atoms with Gasteiger partial charge in [-0.3, -0.25) is 0 Å². The molecule has 0 fully saturated rings. The maximum Gasteiger partial charge on any atom is 0.0889 e. The molecule has 1 heterocycles. The molecule has 0 saturated heterocycles. The van der Waals surface area contributed by atoms with Crippen LogP contribution in [0.1, 0.15) is 13.8 Å². The molecule has 3 heteroatoms. The minimum absolute atomic E-state index is 0.263. The third kappa shape index (κ3) is 1.32. The molecule has 0 aromatic heterocycles. The molecule has 1 rings (SSSR count). The molecule has 0 bridgehead atoms. The quantitative estimate of drug-likeness (QED) is 0.656. The summed E-state index contributed by atoms with van der Waals surface area (Å²) >= 11 is 6.90. The van der Waals surface area contributed by atoms with Gasteiger partial charge < -0.3 is 5.32 Å². The van der Waals surface area contributed by atoms with Crippen LogP contribution in [0, 0.1) is 5.41 Å². The number of nitrogens with one attached hydrogen (secondary N) is 1. The fraction of sp³-hybridized carbons (Fsp3) is 0.667. The largest absolute Gasteiger partial charge is 0.378 e. The summed E-state index contributed by atoms with van der Waals surface area (Å²) in [6.07, 6.45) is 0. The molecule has 0 aliphatic carbocycles. The summed E-state index contributed by atoms with van der Waals surface area (Å²) in [4.78, 5) is 0. The monoisotopic (exact) mass is 253 g/mol. The summed E-state index contributed by atoms with van der Waals surface area (Å²) in [5.41, 5.74) is 0.263.